The molecule has 0 aliphatic heterocycles. The van der Waals surface area contributed by atoms with Crippen LogP contribution in [0.4, 0.5) is 0 Å². The number of hydrogen-bond donors (Lipinski definition) is 1. The predicted molar refractivity (Wildman–Crippen MR) is 73.3 cm³/mol. The number of halogens is 1. The highest BCUT2D eigenvalue weighted by molar-refractivity contribution is 9.10. The van der Waals surface area contributed by atoms with Crippen molar-refractivity contribution in [1.82, 2.24) is 0 Å². The summed E-state index contributed by atoms with van der Waals surface area (Å²) < 4.78 is 12.0. The molecule has 0 aliphatic carbocycles. The van der Waals surface area contributed by atoms with Crippen LogP contribution in [0.15, 0.2) is 22.7 Å². The maximum Gasteiger partial charge on any atom is 0.124 e. The van der Waals surface area contributed by atoms with Crippen molar-refractivity contribution in [2.75, 3.05) is 19.8 Å². The molecule has 0 aliphatic rings. The Morgan fingerprint density at radius 2 is 2.12 bits per heavy atom. The van der Waals surface area contributed by atoms with Crippen molar-refractivity contribution in [2.45, 2.75) is 26.3 Å². The Morgan fingerprint density at radius 3 is 2.76 bits per heavy atom. The second kappa shape index (κ2) is 7.69. The average Bonchev–Trinajstić information content (AvgIpc) is 2.30. The highest BCUT2D eigenvalue weighted by Gasteiger charge is 2.08. The van der Waals surface area contributed by atoms with Gasteiger partial charge in [0.05, 0.1) is 6.61 Å². The monoisotopic (exact) mass is 301 g/mol. The van der Waals surface area contributed by atoms with Gasteiger partial charge in [-0.25, -0.2) is 0 Å². The van der Waals surface area contributed by atoms with Gasteiger partial charge in [-0.1, -0.05) is 15.9 Å². The molecule has 0 aromatic heterocycles. The molecule has 0 amide bonds. The van der Waals surface area contributed by atoms with Crippen LogP contribution in [0.3, 0.4) is 0 Å². The molecule has 0 radical (unpaired) electrons. The van der Waals surface area contributed by atoms with Crippen molar-refractivity contribution in [2.24, 2.45) is 5.73 Å². The summed E-state index contributed by atoms with van der Waals surface area (Å²) in [5, 5.41) is 0. The van der Waals surface area contributed by atoms with Crippen LogP contribution in [0.25, 0.3) is 0 Å². The Kier molecular flexibility index (Phi) is 6.55. The summed E-state index contributed by atoms with van der Waals surface area (Å²) in [6.45, 7) is 6.09. The molecular formula is C13H20BrNO2. The molecule has 17 heavy (non-hydrogen) atoms. The van der Waals surface area contributed by atoms with Crippen LogP contribution in [0, 0.1) is 0 Å². The lowest BCUT2D eigenvalue weighted by Gasteiger charge is -2.14. The molecular weight excluding hydrogens is 282 g/mol. The van der Waals surface area contributed by atoms with Gasteiger partial charge in [-0.3, -0.25) is 0 Å². The van der Waals surface area contributed by atoms with E-state index in [9.17, 15) is 0 Å². The standard InChI is InChI=1S/C13H20BrNO2/c1-3-16-7-4-8-17-13-6-5-11(14)9-12(13)10(2)15/h5-6,9-10H,3-4,7-8,15H2,1-2H3/t10-/m0/s1. The molecule has 1 aromatic carbocycles. The molecule has 0 bridgehead atoms. The van der Waals surface area contributed by atoms with Crippen molar-refractivity contribution in [3.05, 3.63) is 28.2 Å². The second-order valence-electron chi connectivity index (χ2n) is 3.87. The van der Waals surface area contributed by atoms with Gasteiger partial charge in [0.25, 0.3) is 0 Å². The third kappa shape index (κ3) is 5.06. The van der Waals surface area contributed by atoms with Gasteiger partial charge in [0.1, 0.15) is 5.75 Å². The van der Waals surface area contributed by atoms with Gasteiger partial charge in [-0.2, -0.15) is 0 Å². The van der Waals surface area contributed by atoms with E-state index in [0.717, 1.165) is 35.4 Å². The van der Waals surface area contributed by atoms with E-state index in [0.29, 0.717) is 6.61 Å². The molecule has 1 aromatic rings. The molecule has 0 saturated heterocycles. The van der Waals surface area contributed by atoms with Gasteiger partial charge < -0.3 is 15.2 Å². The molecule has 0 fully saturated rings. The quantitative estimate of drug-likeness (QED) is 0.786. The van der Waals surface area contributed by atoms with Crippen LogP contribution >= 0.6 is 15.9 Å². The number of rotatable bonds is 7. The number of benzene rings is 1. The molecule has 4 heteroatoms. The zero-order chi connectivity index (χ0) is 12.7. The van der Waals surface area contributed by atoms with E-state index in [1.54, 1.807) is 0 Å². The van der Waals surface area contributed by atoms with E-state index in [1.165, 1.54) is 0 Å². The van der Waals surface area contributed by atoms with E-state index in [1.807, 2.05) is 32.0 Å². The van der Waals surface area contributed by atoms with Crippen LogP contribution in [-0.4, -0.2) is 19.8 Å². The van der Waals surface area contributed by atoms with Gasteiger partial charge in [0.2, 0.25) is 0 Å². The molecule has 96 valence electrons. The van der Waals surface area contributed by atoms with Crippen LogP contribution in [0.1, 0.15) is 31.9 Å². The van der Waals surface area contributed by atoms with Crippen molar-refractivity contribution in [1.29, 1.82) is 0 Å². The molecule has 2 N–H and O–H groups in total. The molecule has 3 nitrogen and oxygen atoms in total. The lowest BCUT2D eigenvalue weighted by molar-refractivity contribution is 0.130. The van der Waals surface area contributed by atoms with Gasteiger partial charge in [-0.15, -0.1) is 0 Å². The minimum Gasteiger partial charge on any atom is -0.493 e. The van der Waals surface area contributed by atoms with Gasteiger partial charge in [0.15, 0.2) is 0 Å². The topological polar surface area (TPSA) is 44.5 Å². The predicted octanol–water partition coefficient (Wildman–Crippen LogP) is 3.27. The average molecular weight is 302 g/mol. The molecule has 0 saturated carbocycles. The Labute approximate surface area is 111 Å². The second-order valence-corrected chi connectivity index (χ2v) is 4.79. The summed E-state index contributed by atoms with van der Waals surface area (Å²) in [6, 6.07) is 5.88. The van der Waals surface area contributed by atoms with Crippen molar-refractivity contribution >= 4 is 15.9 Å². The Hall–Kier alpha value is -0.580. The molecule has 0 spiro atoms. The van der Waals surface area contributed by atoms with Gasteiger partial charge >= 0.3 is 0 Å². The minimum atomic E-state index is -0.0330. The molecule has 1 rings (SSSR count). The Morgan fingerprint density at radius 1 is 1.35 bits per heavy atom. The van der Waals surface area contributed by atoms with E-state index < -0.39 is 0 Å². The van der Waals surface area contributed by atoms with E-state index in [4.69, 9.17) is 15.2 Å². The molecule has 0 heterocycles. The fourth-order valence-electron chi connectivity index (χ4n) is 1.49. The lowest BCUT2D eigenvalue weighted by atomic mass is 10.1. The highest BCUT2D eigenvalue weighted by Crippen LogP contribution is 2.27. The maximum atomic E-state index is 5.91. The number of ether oxygens (including phenoxy) is 2. The SMILES string of the molecule is CCOCCCOc1ccc(Br)cc1[C@H](C)N. The smallest absolute Gasteiger partial charge is 0.124 e. The summed E-state index contributed by atoms with van der Waals surface area (Å²) in [7, 11) is 0. The van der Waals surface area contributed by atoms with Crippen molar-refractivity contribution < 1.29 is 9.47 Å². The van der Waals surface area contributed by atoms with Crippen LogP contribution in [0.5, 0.6) is 5.75 Å². The van der Waals surface area contributed by atoms with E-state index >= 15 is 0 Å². The zero-order valence-electron chi connectivity index (χ0n) is 10.4. The summed E-state index contributed by atoms with van der Waals surface area (Å²) in [4.78, 5) is 0. The minimum absolute atomic E-state index is 0.0330. The normalized spacial score (nSPS) is 12.5. The number of nitrogens with two attached hydrogens (primary N) is 1. The summed E-state index contributed by atoms with van der Waals surface area (Å²) >= 11 is 3.44. The van der Waals surface area contributed by atoms with E-state index in [2.05, 4.69) is 15.9 Å². The summed E-state index contributed by atoms with van der Waals surface area (Å²) in [6.07, 6.45) is 0.891. The van der Waals surface area contributed by atoms with Gasteiger partial charge in [-0.05, 0) is 32.0 Å². The first kappa shape index (κ1) is 14.5. The summed E-state index contributed by atoms with van der Waals surface area (Å²) in [5.74, 6) is 0.861. The first-order chi connectivity index (χ1) is 8.15. The maximum absolute atomic E-state index is 5.91. The first-order valence-corrected chi connectivity index (χ1v) is 6.70. The summed E-state index contributed by atoms with van der Waals surface area (Å²) in [5.41, 5.74) is 6.93. The lowest BCUT2D eigenvalue weighted by Crippen LogP contribution is -2.09. The third-order valence-electron chi connectivity index (χ3n) is 2.36. The van der Waals surface area contributed by atoms with Crippen LogP contribution in [0.2, 0.25) is 0 Å². The first-order valence-electron chi connectivity index (χ1n) is 5.90. The van der Waals surface area contributed by atoms with Crippen molar-refractivity contribution in [3.63, 3.8) is 0 Å². The fraction of sp³-hybridized carbons (Fsp3) is 0.538. The largest absolute Gasteiger partial charge is 0.493 e. The van der Waals surface area contributed by atoms with E-state index in [-0.39, 0.29) is 6.04 Å². The highest BCUT2D eigenvalue weighted by atomic mass is 79.9. The van der Waals surface area contributed by atoms with Crippen LogP contribution in [-0.2, 0) is 4.74 Å². The third-order valence-corrected chi connectivity index (χ3v) is 2.85. The van der Waals surface area contributed by atoms with Crippen LogP contribution < -0.4 is 10.5 Å². The zero-order valence-corrected chi connectivity index (χ0v) is 12.0. The van der Waals surface area contributed by atoms with Gasteiger partial charge in [0, 0.05) is 35.7 Å². The Balaban J connectivity index is 2.52. The Bertz CT molecular complexity index is 342. The van der Waals surface area contributed by atoms with Crippen molar-refractivity contribution in [3.8, 4) is 5.75 Å². The number of hydrogen-bond acceptors (Lipinski definition) is 3. The fourth-order valence-corrected chi connectivity index (χ4v) is 1.87. The molecule has 1 atom stereocenters. The molecule has 0 unspecified atom stereocenters.